The minimum atomic E-state index is -0.728. The van der Waals surface area contributed by atoms with Crippen molar-refractivity contribution < 1.29 is 14.6 Å². The highest BCUT2D eigenvalue weighted by Gasteiger charge is 2.41. The standard InChI is InChI=1S/C16H30N2O3/c1-13-4-3-5-16(20,10-13)11-18-14(19)15(12-21-2)6-8-17-9-7-15/h13,17,20H,3-12H2,1-2H3,(H,18,19). The van der Waals surface area contributed by atoms with Crippen LogP contribution in [-0.4, -0.2) is 50.0 Å². The van der Waals surface area contributed by atoms with Gasteiger partial charge in [0.05, 0.1) is 17.6 Å². The molecule has 0 spiro atoms. The summed E-state index contributed by atoms with van der Waals surface area (Å²) >= 11 is 0. The van der Waals surface area contributed by atoms with E-state index in [1.807, 2.05) is 0 Å². The molecule has 1 amide bonds. The number of carbonyl (C=O) groups excluding carboxylic acids is 1. The quantitative estimate of drug-likeness (QED) is 0.710. The Morgan fingerprint density at radius 1 is 1.38 bits per heavy atom. The first-order valence-corrected chi connectivity index (χ1v) is 8.20. The molecule has 1 saturated carbocycles. The summed E-state index contributed by atoms with van der Waals surface area (Å²) in [5.41, 5.74) is -1.16. The van der Waals surface area contributed by atoms with Crippen LogP contribution in [0, 0.1) is 11.3 Å². The Hall–Kier alpha value is -0.650. The van der Waals surface area contributed by atoms with Crippen LogP contribution in [0.4, 0.5) is 0 Å². The molecule has 1 saturated heterocycles. The number of rotatable bonds is 5. The van der Waals surface area contributed by atoms with Crippen molar-refractivity contribution in [3.05, 3.63) is 0 Å². The fraction of sp³-hybridized carbons (Fsp3) is 0.938. The third kappa shape index (κ3) is 4.18. The molecule has 3 N–H and O–H groups in total. The molecule has 0 radical (unpaired) electrons. The lowest BCUT2D eigenvalue weighted by Crippen LogP contribution is -2.54. The topological polar surface area (TPSA) is 70.6 Å². The van der Waals surface area contributed by atoms with Crippen molar-refractivity contribution in [1.82, 2.24) is 10.6 Å². The number of hydrogen-bond acceptors (Lipinski definition) is 4. The zero-order valence-electron chi connectivity index (χ0n) is 13.4. The van der Waals surface area contributed by atoms with Gasteiger partial charge in [0.2, 0.25) is 5.91 Å². The van der Waals surface area contributed by atoms with Gasteiger partial charge in [-0.2, -0.15) is 0 Å². The van der Waals surface area contributed by atoms with E-state index in [1.165, 1.54) is 6.42 Å². The number of piperidine rings is 1. The van der Waals surface area contributed by atoms with Crippen molar-refractivity contribution in [2.24, 2.45) is 11.3 Å². The molecule has 0 aromatic rings. The maximum atomic E-state index is 12.6. The third-order valence-corrected chi connectivity index (χ3v) is 5.11. The minimum Gasteiger partial charge on any atom is -0.388 e. The Bertz CT molecular complexity index is 350. The second-order valence-electron chi connectivity index (χ2n) is 7.07. The number of carbonyl (C=O) groups is 1. The third-order valence-electron chi connectivity index (χ3n) is 5.11. The predicted octanol–water partition coefficient (Wildman–Crippen LogP) is 1.06. The minimum absolute atomic E-state index is 0.0394. The van der Waals surface area contributed by atoms with Crippen molar-refractivity contribution in [3.8, 4) is 0 Å². The number of aliphatic hydroxyl groups is 1. The zero-order valence-corrected chi connectivity index (χ0v) is 13.4. The molecule has 0 aromatic heterocycles. The lowest BCUT2D eigenvalue weighted by atomic mass is 9.77. The Morgan fingerprint density at radius 2 is 2.10 bits per heavy atom. The lowest BCUT2D eigenvalue weighted by molar-refractivity contribution is -0.138. The first kappa shape index (κ1) is 16.7. The van der Waals surface area contributed by atoms with E-state index in [1.54, 1.807) is 7.11 Å². The molecule has 2 atom stereocenters. The van der Waals surface area contributed by atoms with Crippen molar-refractivity contribution in [2.45, 2.75) is 51.0 Å². The Kier molecular flexibility index (Phi) is 5.63. The van der Waals surface area contributed by atoms with Gasteiger partial charge in [-0.05, 0) is 44.7 Å². The van der Waals surface area contributed by atoms with Gasteiger partial charge in [-0.1, -0.05) is 19.8 Å². The number of hydrogen-bond donors (Lipinski definition) is 3. The molecule has 2 fully saturated rings. The van der Waals surface area contributed by atoms with Crippen LogP contribution in [0.3, 0.4) is 0 Å². The Morgan fingerprint density at radius 3 is 2.71 bits per heavy atom. The van der Waals surface area contributed by atoms with Crippen LogP contribution in [0.5, 0.6) is 0 Å². The number of ether oxygens (including phenoxy) is 1. The molecule has 0 bridgehead atoms. The molecule has 1 aliphatic heterocycles. The van der Waals surface area contributed by atoms with Gasteiger partial charge in [0.1, 0.15) is 0 Å². The number of nitrogens with one attached hydrogen (secondary N) is 2. The van der Waals surface area contributed by atoms with E-state index in [9.17, 15) is 9.90 Å². The van der Waals surface area contributed by atoms with E-state index >= 15 is 0 Å². The predicted molar refractivity (Wildman–Crippen MR) is 82.0 cm³/mol. The lowest BCUT2D eigenvalue weighted by Gasteiger charge is -2.39. The first-order chi connectivity index (χ1) is 10.00. The molecule has 2 rings (SSSR count). The largest absolute Gasteiger partial charge is 0.388 e. The summed E-state index contributed by atoms with van der Waals surface area (Å²) in [6.45, 7) is 4.69. The van der Waals surface area contributed by atoms with Crippen LogP contribution in [0.1, 0.15) is 45.4 Å². The molecular formula is C16H30N2O3. The summed E-state index contributed by atoms with van der Waals surface area (Å²) in [5.74, 6) is 0.574. The molecule has 2 unspecified atom stereocenters. The van der Waals surface area contributed by atoms with Crippen molar-refractivity contribution in [1.29, 1.82) is 0 Å². The molecule has 0 aromatic carbocycles. The fourth-order valence-electron chi connectivity index (χ4n) is 3.84. The summed E-state index contributed by atoms with van der Waals surface area (Å²) in [6.07, 6.45) is 5.38. The van der Waals surface area contributed by atoms with E-state index in [2.05, 4.69) is 17.6 Å². The second kappa shape index (κ2) is 7.07. The van der Waals surface area contributed by atoms with Gasteiger partial charge in [-0.3, -0.25) is 4.79 Å². The van der Waals surface area contributed by atoms with Gasteiger partial charge in [-0.15, -0.1) is 0 Å². The van der Waals surface area contributed by atoms with E-state index in [-0.39, 0.29) is 5.91 Å². The summed E-state index contributed by atoms with van der Waals surface area (Å²) in [4.78, 5) is 12.6. The first-order valence-electron chi connectivity index (χ1n) is 8.20. The molecule has 5 nitrogen and oxygen atoms in total. The van der Waals surface area contributed by atoms with E-state index in [0.29, 0.717) is 19.1 Å². The van der Waals surface area contributed by atoms with Gasteiger partial charge in [-0.25, -0.2) is 0 Å². The van der Waals surface area contributed by atoms with Crippen molar-refractivity contribution in [3.63, 3.8) is 0 Å². The van der Waals surface area contributed by atoms with Crippen molar-refractivity contribution >= 4 is 5.91 Å². The Balaban J connectivity index is 1.92. The van der Waals surface area contributed by atoms with Gasteiger partial charge in [0.25, 0.3) is 0 Å². The van der Waals surface area contributed by atoms with Crippen LogP contribution in [0.15, 0.2) is 0 Å². The van der Waals surface area contributed by atoms with Gasteiger partial charge in [0, 0.05) is 13.7 Å². The van der Waals surface area contributed by atoms with Gasteiger partial charge < -0.3 is 20.5 Å². The molecule has 21 heavy (non-hydrogen) atoms. The highest BCUT2D eigenvalue weighted by molar-refractivity contribution is 5.83. The Labute approximate surface area is 127 Å². The van der Waals surface area contributed by atoms with Gasteiger partial charge >= 0.3 is 0 Å². The van der Waals surface area contributed by atoms with Crippen LogP contribution in [0.25, 0.3) is 0 Å². The molecule has 1 heterocycles. The van der Waals surface area contributed by atoms with Gasteiger partial charge in [0.15, 0.2) is 0 Å². The molecular weight excluding hydrogens is 268 g/mol. The normalized spacial score (nSPS) is 32.6. The highest BCUT2D eigenvalue weighted by Crippen LogP contribution is 2.33. The summed E-state index contributed by atoms with van der Waals surface area (Å²) in [7, 11) is 1.65. The second-order valence-corrected chi connectivity index (χ2v) is 7.07. The van der Waals surface area contributed by atoms with Crippen LogP contribution < -0.4 is 10.6 Å². The van der Waals surface area contributed by atoms with E-state index in [4.69, 9.17) is 4.74 Å². The summed E-state index contributed by atoms with van der Waals surface area (Å²) < 4.78 is 5.29. The van der Waals surface area contributed by atoms with Crippen LogP contribution >= 0.6 is 0 Å². The maximum absolute atomic E-state index is 12.6. The van der Waals surface area contributed by atoms with Crippen LogP contribution in [0.2, 0.25) is 0 Å². The molecule has 122 valence electrons. The monoisotopic (exact) mass is 298 g/mol. The van der Waals surface area contributed by atoms with Crippen LogP contribution in [-0.2, 0) is 9.53 Å². The molecule has 5 heteroatoms. The number of methoxy groups -OCH3 is 1. The highest BCUT2D eigenvalue weighted by atomic mass is 16.5. The number of amides is 1. The zero-order chi connectivity index (χ0) is 15.3. The smallest absolute Gasteiger partial charge is 0.228 e. The molecule has 2 aliphatic rings. The van der Waals surface area contributed by atoms with E-state index < -0.39 is 11.0 Å². The summed E-state index contributed by atoms with van der Waals surface area (Å²) in [5, 5.41) is 16.9. The SMILES string of the molecule is COCC1(C(=O)NCC2(O)CCCC(C)C2)CCNCC1. The van der Waals surface area contributed by atoms with Crippen molar-refractivity contribution in [2.75, 3.05) is 33.4 Å². The summed E-state index contributed by atoms with van der Waals surface area (Å²) in [6, 6.07) is 0. The fourth-order valence-corrected chi connectivity index (χ4v) is 3.84. The molecule has 1 aliphatic carbocycles. The van der Waals surface area contributed by atoms with E-state index in [0.717, 1.165) is 45.2 Å². The average Bonchev–Trinajstić information content (AvgIpc) is 2.46. The average molecular weight is 298 g/mol. The maximum Gasteiger partial charge on any atom is 0.228 e.